The largest absolute Gasteiger partial charge is 0.334 e. The third kappa shape index (κ3) is 2.79. The summed E-state index contributed by atoms with van der Waals surface area (Å²) in [6.45, 7) is 2.88. The zero-order chi connectivity index (χ0) is 14.8. The van der Waals surface area contributed by atoms with Crippen molar-refractivity contribution in [3.63, 3.8) is 0 Å². The molecule has 0 unspecified atom stereocenters. The highest BCUT2D eigenvalue weighted by atomic mass is 35.5. The van der Waals surface area contributed by atoms with Gasteiger partial charge in [-0.1, -0.05) is 41.9 Å². The van der Waals surface area contributed by atoms with E-state index in [0.717, 1.165) is 13.0 Å². The van der Waals surface area contributed by atoms with Crippen LogP contribution in [0.4, 0.5) is 0 Å². The van der Waals surface area contributed by atoms with E-state index in [9.17, 15) is 4.79 Å². The van der Waals surface area contributed by atoms with E-state index in [2.05, 4.69) is 24.0 Å². The molecule has 0 aliphatic carbocycles. The first kappa shape index (κ1) is 14.1. The molecule has 0 radical (unpaired) electrons. The molecular formula is C17H17ClN2O. The highest BCUT2D eigenvalue weighted by Gasteiger charge is 2.35. The van der Waals surface area contributed by atoms with Gasteiger partial charge in [-0.25, -0.2) is 4.98 Å². The summed E-state index contributed by atoms with van der Waals surface area (Å²) in [7, 11) is 0. The lowest BCUT2D eigenvalue weighted by Crippen LogP contribution is -2.35. The Labute approximate surface area is 129 Å². The van der Waals surface area contributed by atoms with Gasteiger partial charge in [-0.05, 0) is 31.0 Å². The molecule has 3 nitrogen and oxygen atoms in total. The number of halogens is 1. The van der Waals surface area contributed by atoms with E-state index in [4.69, 9.17) is 11.6 Å². The highest BCUT2D eigenvalue weighted by Crippen LogP contribution is 2.33. The number of amides is 1. The lowest BCUT2D eigenvalue weighted by atomic mass is 9.93. The summed E-state index contributed by atoms with van der Waals surface area (Å²) < 4.78 is 0. The third-order valence-electron chi connectivity index (χ3n) is 4.19. The van der Waals surface area contributed by atoms with Gasteiger partial charge in [-0.3, -0.25) is 4.79 Å². The number of hydrogen-bond donors (Lipinski definition) is 0. The molecular weight excluding hydrogens is 284 g/mol. The van der Waals surface area contributed by atoms with Crippen LogP contribution in [0.3, 0.4) is 0 Å². The van der Waals surface area contributed by atoms with Crippen molar-refractivity contribution in [3.8, 4) is 0 Å². The Hall–Kier alpha value is -1.87. The van der Waals surface area contributed by atoms with Gasteiger partial charge in [0.05, 0.1) is 5.02 Å². The Bertz CT molecular complexity index is 627. The number of carbonyl (C=O) groups excluding carboxylic acids is 1. The minimum absolute atomic E-state index is 0.0161. The molecule has 2 aromatic rings. The molecule has 0 bridgehead atoms. The number of carbonyl (C=O) groups is 1. The van der Waals surface area contributed by atoms with Crippen LogP contribution >= 0.6 is 11.6 Å². The Morgan fingerprint density at radius 2 is 2.00 bits per heavy atom. The maximum atomic E-state index is 12.6. The van der Waals surface area contributed by atoms with E-state index in [-0.39, 0.29) is 11.9 Å². The zero-order valence-electron chi connectivity index (χ0n) is 11.9. The summed E-state index contributed by atoms with van der Waals surface area (Å²) in [5.41, 5.74) is 1.75. The molecule has 1 saturated heterocycles. The van der Waals surface area contributed by atoms with Crippen LogP contribution in [0, 0.1) is 0 Å². The standard InChI is InChI=1S/C17H17ClN2O/c1-12-15(13-5-3-2-4-6-13)9-10-20(12)17(21)16-8-7-14(18)11-19-16/h2-8,11-12,15H,9-10H2,1H3/t12-,15+/m0/s1. The molecule has 1 fully saturated rings. The van der Waals surface area contributed by atoms with Gasteiger partial charge in [0.15, 0.2) is 0 Å². The van der Waals surface area contributed by atoms with Crippen molar-refractivity contribution in [3.05, 3.63) is 64.9 Å². The summed E-state index contributed by atoms with van der Waals surface area (Å²) in [5, 5.41) is 0.545. The Morgan fingerprint density at radius 3 is 2.67 bits per heavy atom. The lowest BCUT2D eigenvalue weighted by molar-refractivity contribution is 0.0736. The fourth-order valence-corrected chi connectivity index (χ4v) is 3.13. The summed E-state index contributed by atoms with van der Waals surface area (Å²) in [6.07, 6.45) is 2.51. The molecule has 2 atom stereocenters. The van der Waals surface area contributed by atoms with Crippen molar-refractivity contribution in [2.24, 2.45) is 0 Å². The van der Waals surface area contributed by atoms with Crippen molar-refractivity contribution in [1.82, 2.24) is 9.88 Å². The number of pyridine rings is 1. The molecule has 1 amide bonds. The predicted octanol–water partition coefficient (Wildman–Crippen LogP) is 3.75. The molecule has 0 spiro atoms. The van der Waals surface area contributed by atoms with Crippen LogP contribution in [-0.4, -0.2) is 28.4 Å². The van der Waals surface area contributed by atoms with E-state index in [0.29, 0.717) is 16.6 Å². The van der Waals surface area contributed by atoms with Gasteiger partial charge in [-0.15, -0.1) is 0 Å². The maximum absolute atomic E-state index is 12.6. The van der Waals surface area contributed by atoms with Gasteiger partial charge in [0, 0.05) is 24.7 Å². The molecule has 1 aliphatic rings. The van der Waals surface area contributed by atoms with Crippen LogP contribution in [-0.2, 0) is 0 Å². The topological polar surface area (TPSA) is 33.2 Å². The number of rotatable bonds is 2. The zero-order valence-corrected chi connectivity index (χ0v) is 12.6. The fraction of sp³-hybridized carbons (Fsp3) is 0.294. The third-order valence-corrected chi connectivity index (χ3v) is 4.41. The van der Waals surface area contributed by atoms with Crippen LogP contribution in [0.25, 0.3) is 0 Å². The van der Waals surface area contributed by atoms with Crippen molar-refractivity contribution >= 4 is 17.5 Å². The molecule has 1 aromatic carbocycles. The molecule has 108 valence electrons. The van der Waals surface area contributed by atoms with Crippen LogP contribution in [0.5, 0.6) is 0 Å². The van der Waals surface area contributed by atoms with Crippen molar-refractivity contribution in [1.29, 1.82) is 0 Å². The SMILES string of the molecule is C[C@H]1[C@H](c2ccccc2)CCN1C(=O)c1ccc(Cl)cn1. The number of hydrogen-bond acceptors (Lipinski definition) is 2. The van der Waals surface area contributed by atoms with Crippen LogP contribution < -0.4 is 0 Å². The molecule has 21 heavy (non-hydrogen) atoms. The molecule has 1 aromatic heterocycles. The van der Waals surface area contributed by atoms with E-state index in [1.165, 1.54) is 11.8 Å². The molecule has 1 aliphatic heterocycles. The first-order valence-electron chi connectivity index (χ1n) is 7.14. The summed E-state index contributed by atoms with van der Waals surface area (Å²) in [5.74, 6) is 0.375. The fourth-order valence-electron chi connectivity index (χ4n) is 3.02. The average Bonchev–Trinajstić information content (AvgIpc) is 2.90. The van der Waals surface area contributed by atoms with E-state index >= 15 is 0 Å². The van der Waals surface area contributed by atoms with Crippen molar-refractivity contribution in [2.75, 3.05) is 6.54 Å². The summed E-state index contributed by atoms with van der Waals surface area (Å²) in [4.78, 5) is 18.6. The van der Waals surface area contributed by atoms with Crippen LogP contribution in [0.2, 0.25) is 5.02 Å². The second kappa shape index (κ2) is 5.86. The normalized spacial score (nSPS) is 21.5. The quantitative estimate of drug-likeness (QED) is 0.846. The van der Waals surface area contributed by atoms with Gasteiger partial charge in [-0.2, -0.15) is 0 Å². The minimum atomic E-state index is -0.0161. The first-order valence-corrected chi connectivity index (χ1v) is 7.52. The Balaban J connectivity index is 1.79. The molecule has 4 heteroatoms. The van der Waals surface area contributed by atoms with E-state index in [1.807, 2.05) is 23.1 Å². The molecule has 2 heterocycles. The monoisotopic (exact) mass is 300 g/mol. The number of benzene rings is 1. The minimum Gasteiger partial charge on any atom is -0.334 e. The van der Waals surface area contributed by atoms with Crippen LogP contribution in [0.15, 0.2) is 48.7 Å². The van der Waals surface area contributed by atoms with Gasteiger partial charge in [0.2, 0.25) is 0 Å². The smallest absolute Gasteiger partial charge is 0.272 e. The van der Waals surface area contributed by atoms with Gasteiger partial charge in [0.1, 0.15) is 5.69 Å². The maximum Gasteiger partial charge on any atom is 0.272 e. The van der Waals surface area contributed by atoms with Gasteiger partial charge < -0.3 is 4.90 Å². The second-order valence-electron chi connectivity index (χ2n) is 5.41. The second-order valence-corrected chi connectivity index (χ2v) is 5.84. The summed E-state index contributed by atoms with van der Waals surface area (Å²) in [6, 6.07) is 14.0. The van der Waals surface area contributed by atoms with E-state index in [1.54, 1.807) is 12.1 Å². The molecule has 3 rings (SSSR count). The molecule has 0 N–H and O–H groups in total. The molecule has 0 saturated carbocycles. The van der Waals surface area contributed by atoms with Gasteiger partial charge in [0.25, 0.3) is 5.91 Å². The average molecular weight is 301 g/mol. The van der Waals surface area contributed by atoms with Gasteiger partial charge >= 0.3 is 0 Å². The number of likely N-dealkylation sites (tertiary alicyclic amines) is 1. The predicted molar refractivity (Wildman–Crippen MR) is 83.5 cm³/mol. The van der Waals surface area contributed by atoms with Crippen molar-refractivity contribution < 1.29 is 4.79 Å². The summed E-state index contributed by atoms with van der Waals surface area (Å²) >= 11 is 5.82. The lowest BCUT2D eigenvalue weighted by Gasteiger charge is -2.24. The van der Waals surface area contributed by atoms with E-state index < -0.39 is 0 Å². The first-order chi connectivity index (χ1) is 10.2. The Kier molecular flexibility index (Phi) is 3.93. The highest BCUT2D eigenvalue weighted by molar-refractivity contribution is 6.30. The number of nitrogens with zero attached hydrogens (tertiary/aromatic N) is 2. The van der Waals surface area contributed by atoms with Crippen LogP contribution in [0.1, 0.15) is 35.3 Å². The van der Waals surface area contributed by atoms with Crippen molar-refractivity contribution in [2.45, 2.75) is 25.3 Å². The number of aromatic nitrogens is 1. The Morgan fingerprint density at radius 1 is 1.24 bits per heavy atom.